The molecule has 2 aromatic carbocycles. The number of benzene rings is 2. The van der Waals surface area contributed by atoms with Crippen LogP contribution in [0, 0.1) is 13.8 Å². The van der Waals surface area contributed by atoms with Crippen molar-refractivity contribution in [2.75, 3.05) is 6.79 Å². The number of aryl methyl sites for hydroxylation is 2. The van der Waals surface area contributed by atoms with Crippen molar-refractivity contribution >= 4 is 16.9 Å². The van der Waals surface area contributed by atoms with E-state index in [9.17, 15) is 0 Å². The van der Waals surface area contributed by atoms with E-state index in [0.29, 0.717) is 18.9 Å². The van der Waals surface area contributed by atoms with E-state index in [1.165, 1.54) is 22.3 Å². The van der Waals surface area contributed by atoms with Crippen molar-refractivity contribution in [3.8, 4) is 11.5 Å². The summed E-state index contributed by atoms with van der Waals surface area (Å²) in [6.07, 6.45) is 5.40. The highest BCUT2D eigenvalue weighted by Gasteiger charge is 2.44. The number of amidine groups is 1. The van der Waals surface area contributed by atoms with E-state index in [4.69, 9.17) is 9.47 Å². The van der Waals surface area contributed by atoms with Gasteiger partial charge in [0.1, 0.15) is 6.17 Å². The quantitative estimate of drug-likeness (QED) is 0.764. The normalized spacial score (nSPS) is 25.4. The fourth-order valence-corrected chi connectivity index (χ4v) is 5.44. The predicted molar refractivity (Wildman–Crippen MR) is 121 cm³/mol. The van der Waals surface area contributed by atoms with Crippen molar-refractivity contribution < 1.29 is 9.47 Å². The third-order valence-electron chi connectivity index (χ3n) is 6.44. The molecule has 8 heteroatoms. The van der Waals surface area contributed by atoms with Gasteiger partial charge in [0.05, 0.1) is 12.1 Å². The maximum absolute atomic E-state index is 5.50. The fraction of sp³-hybridized carbons (Fsp3) is 0.348. The number of hydrazone groups is 1. The highest BCUT2D eigenvalue weighted by Crippen LogP contribution is 2.37. The molecule has 31 heavy (non-hydrogen) atoms. The fourth-order valence-electron chi connectivity index (χ4n) is 4.53. The predicted octanol–water partition coefficient (Wildman–Crippen LogP) is 3.57. The molecule has 3 unspecified atom stereocenters. The number of hydrazine groups is 1. The van der Waals surface area contributed by atoms with Gasteiger partial charge in [-0.3, -0.25) is 5.43 Å². The number of ether oxygens (including phenoxy) is 2. The summed E-state index contributed by atoms with van der Waals surface area (Å²) in [5, 5.41) is 7.87. The summed E-state index contributed by atoms with van der Waals surface area (Å²) in [5.41, 5.74) is 12.2. The Kier molecular flexibility index (Phi) is 4.50. The van der Waals surface area contributed by atoms with Crippen molar-refractivity contribution in [3.05, 3.63) is 71.1 Å². The van der Waals surface area contributed by atoms with Crippen molar-refractivity contribution in [3.63, 3.8) is 0 Å². The molecule has 0 aromatic heterocycles. The zero-order chi connectivity index (χ0) is 20.9. The Hall–Kier alpha value is -2.84. The summed E-state index contributed by atoms with van der Waals surface area (Å²) in [6.45, 7) is 4.64. The van der Waals surface area contributed by atoms with Crippen LogP contribution in [0.4, 0.5) is 0 Å². The number of thioether (sulfide) groups is 1. The minimum Gasteiger partial charge on any atom is -0.454 e. The molecule has 0 saturated carbocycles. The largest absolute Gasteiger partial charge is 0.454 e. The van der Waals surface area contributed by atoms with Crippen LogP contribution in [0.25, 0.3) is 0 Å². The zero-order valence-corrected chi connectivity index (χ0v) is 18.4. The Balaban J connectivity index is 1.12. The van der Waals surface area contributed by atoms with E-state index >= 15 is 0 Å². The van der Waals surface area contributed by atoms with Crippen LogP contribution in [0.5, 0.6) is 11.5 Å². The summed E-state index contributed by atoms with van der Waals surface area (Å²) in [6, 6.07) is 13.5. The molecule has 0 spiro atoms. The van der Waals surface area contributed by atoms with E-state index in [1.807, 2.05) is 6.07 Å². The molecule has 4 aliphatic rings. The van der Waals surface area contributed by atoms with E-state index in [-0.39, 0.29) is 6.17 Å². The molecule has 6 rings (SSSR count). The molecule has 2 aromatic rings. The number of nitrogens with zero attached hydrogens (tertiary/aromatic N) is 3. The molecule has 0 aliphatic carbocycles. The second-order valence-corrected chi connectivity index (χ2v) is 9.33. The van der Waals surface area contributed by atoms with Crippen molar-refractivity contribution in [2.45, 2.75) is 44.3 Å². The summed E-state index contributed by atoms with van der Waals surface area (Å²) in [4.78, 5) is 2.25. The van der Waals surface area contributed by atoms with E-state index in [1.54, 1.807) is 11.8 Å². The van der Waals surface area contributed by atoms with Crippen molar-refractivity contribution in [2.24, 2.45) is 5.10 Å². The van der Waals surface area contributed by atoms with Gasteiger partial charge in [-0.15, -0.1) is 0 Å². The molecule has 4 heterocycles. The third kappa shape index (κ3) is 3.30. The molecule has 4 aliphatic heterocycles. The number of fused-ring (bicyclic) bond motifs is 4. The molecule has 0 radical (unpaired) electrons. The van der Waals surface area contributed by atoms with Gasteiger partial charge in [0.25, 0.3) is 0 Å². The zero-order valence-electron chi connectivity index (χ0n) is 17.5. The molecule has 1 fully saturated rings. The maximum Gasteiger partial charge on any atom is 0.231 e. The topological polar surface area (TPSA) is 61.4 Å². The second-order valence-electron chi connectivity index (χ2n) is 8.39. The lowest BCUT2D eigenvalue weighted by molar-refractivity contribution is 0.152. The number of rotatable bonds is 3. The van der Waals surface area contributed by atoms with Crippen LogP contribution < -0.4 is 20.3 Å². The number of hydrogen-bond donors (Lipinski definition) is 2. The Morgan fingerprint density at radius 3 is 2.87 bits per heavy atom. The van der Waals surface area contributed by atoms with Crippen LogP contribution >= 0.6 is 11.8 Å². The van der Waals surface area contributed by atoms with E-state index in [0.717, 1.165) is 28.8 Å². The number of nitrogens with one attached hydrogen (secondary N) is 2. The van der Waals surface area contributed by atoms with Crippen LogP contribution in [0.15, 0.2) is 53.9 Å². The summed E-state index contributed by atoms with van der Waals surface area (Å²) in [7, 11) is 0. The monoisotopic (exact) mass is 435 g/mol. The Morgan fingerprint density at radius 2 is 1.97 bits per heavy atom. The molecule has 0 amide bonds. The van der Waals surface area contributed by atoms with Gasteiger partial charge in [-0.25, -0.2) is 5.43 Å². The van der Waals surface area contributed by atoms with Gasteiger partial charge in [-0.2, -0.15) is 5.10 Å². The van der Waals surface area contributed by atoms with E-state index < -0.39 is 0 Å². The molecular weight excluding hydrogens is 410 g/mol. The second kappa shape index (κ2) is 7.39. The Morgan fingerprint density at radius 1 is 1.06 bits per heavy atom. The average Bonchev–Trinajstić information content (AvgIpc) is 3.51. The Labute approximate surface area is 186 Å². The highest BCUT2D eigenvalue weighted by atomic mass is 32.2. The summed E-state index contributed by atoms with van der Waals surface area (Å²) < 4.78 is 10.9. The molecule has 2 N–H and O–H groups in total. The lowest BCUT2D eigenvalue weighted by Crippen LogP contribution is -2.54. The van der Waals surface area contributed by atoms with Crippen LogP contribution in [0.2, 0.25) is 0 Å². The van der Waals surface area contributed by atoms with Crippen molar-refractivity contribution in [1.82, 2.24) is 20.8 Å². The number of hydrogen-bond acceptors (Lipinski definition) is 8. The first-order chi connectivity index (χ1) is 15.2. The van der Waals surface area contributed by atoms with Crippen LogP contribution in [0.3, 0.4) is 0 Å². The lowest BCUT2D eigenvalue weighted by atomic mass is 9.97. The van der Waals surface area contributed by atoms with Crippen LogP contribution in [0.1, 0.15) is 34.7 Å². The van der Waals surface area contributed by atoms with E-state index in [2.05, 4.69) is 82.4 Å². The van der Waals surface area contributed by atoms with Gasteiger partial charge in [0.2, 0.25) is 6.79 Å². The molecule has 7 nitrogen and oxygen atoms in total. The highest BCUT2D eigenvalue weighted by molar-refractivity contribution is 8.13. The minimum atomic E-state index is 0.133. The van der Waals surface area contributed by atoms with Crippen molar-refractivity contribution in [1.29, 1.82) is 0 Å². The van der Waals surface area contributed by atoms with Gasteiger partial charge in [-0.05, 0) is 54.7 Å². The smallest absolute Gasteiger partial charge is 0.231 e. The minimum absolute atomic E-state index is 0.133. The van der Waals surface area contributed by atoms with Gasteiger partial charge < -0.3 is 19.4 Å². The van der Waals surface area contributed by atoms with Gasteiger partial charge >= 0.3 is 0 Å². The molecule has 3 atom stereocenters. The average molecular weight is 436 g/mol. The Bertz CT molecular complexity index is 1090. The lowest BCUT2D eigenvalue weighted by Gasteiger charge is -2.36. The van der Waals surface area contributed by atoms with Gasteiger partial charge in [-0.1, -0.05) is 36.0 Å². The first-order valence-corrected chi connectivity index (χ1v) is 11.6. The molecule has 1 saturated heterocycles. The third-order valence-corrected chi connectivity index (χ3v) is 7.48. The molecular formula is C23H25N5O2S. The van der Waals surface area contributed by atoms with Gasteiger partial charge in [0, 0.05) is 18.2 Å². The first kappa shape index (κ1) is 18.9. The summed E-state index contributed by atoms with van der Waals surface area (Å²) in [5.74, 6) is 2.47. The van der Waals surface area contributed by atoms with Crippen LogP contribution in [-0.4, -0.2) is 34.1 Å². The summed E-state index contributed by atoms with van der Waals surface area (Å²) >= 11 is 1.73. The van der Waals surface area contributed by atoms with Gasteiger partial charge in [0.15, 0.2) is 16.7 Å². The maximum atomic E-state index is 5.50. The molecule has 0 bridgehead atoms. The molecule has 160 valence electrons. The van der Waals surface area contributed by atoms with Crippen LogP contribution in [-0.2, 0) is 5.75 Å². The first-order valence-electron chi connectivity index (χ1n) is 10.6. The SMILES string of the molecule is Cc1ccc(C2CC3C4NN=C(SCc5ccc6c(c5)OCO6)N4C=CN3N2)cc1C. The standard InChI is InChI=1S/C23H25N5O2S/c1-14-3-5-17(9-15(14)2)18-11-19-22-24-25-23(27(22)7-8-28(19)26-18)31-12-16-4-6-20-21(10-16)30-13-29-20/h3-10,18-19,22,24,26H,11-13H2,1-2H3.